The number of nitrogens with one attached hydrogen (secondary N) is 1. The molecule has 0 fully saturated rings. The SMILES string of the molecule is COc1ccccc1-n1c(C)c(C)c2c(=N)n(Cc3ccco3)cnc21. The molecule has 3 aromatic heterocycles. The molecule has 4 rings (SSSR count). The molecule has 6 nitrogen and oxygen atoms in total. The molecule has 1 N–H and O–H groups in total. The van der Waals surface area contributed by atoms with Gasteiger partial charge in [0.1, 0.15) is 17.0 Å². The second-order valence-electron chi connectivity index (χ2n) is 6.22. The number of benzene rings is 1. The fourth-order valence-corrected chi connectivity index (χ4v) is 3.32. The van der Waals surface area contributed by atoms with Gasteiger partial charge in [0.25, 0.3) is 0 Å². The zero-order valence-corrected chi connectivity index (χ0v) is 15.0. The van der Waals surface area contributed by atoms with Gasteiger partial charge in [-0.1, -0.05) is 12.1 Å². The Bertz CT molecular complexity index is 1140. The van der Waals surface area contributed by atoms with Crippen LogP contribution in [0.3, 0.4) is 0 Å². The third kappa shape index (κ3) is 2.42. The van der Waals surface area contributed by atoms with Crippen molar-refractivity contribution in [3.8, 4) is 11.4 Å². The molecule has 0 unspecified atom stereocenters. The number of methoxy groups -OCH3 is 1. The summed E-state index contributed by atoms with van der Waals surface area (Å²) in [6, 6.07) is 11.6. The first-order valence-electron chi connectivity index (χ1n) is 8.39. The molecule has 0 atom stereocenters. The van der Waals surface area contributed by atoms with E-state index in [9.17, 15) is 0 Å². The Morgan fingerprint density at radius 3 is 2.69 bits per heavy atom. The van der Waals surface area contributed by atoms with E-state index in [1.165, 1.54) is 0 Å². The van der Waals surface area contributed by atoms with Crippen molar-refractivity contribution >= 4 is 11.0 Å². The van der Waals surface area contributed by atoms with Crippen LogP contribution in [-0.2, 0) is 6.54 Å². The quantitative estimate of drug-likeness (QED) is 0.613. The van der Waals surface area contributed by atoms with Crippen molar-refractivity contribution < 1.29 is 9.15 Å². The molecule has 0 bridgehead atoms. The van der Waals surface area contributed by atoms with E-state index in [4.69, 9.17) is 14.6 Å². The van der Waals surface area contributed by atoms with Crippen LogP contribution in [0.4, 0.5) is 0 Å². The lowest BCUT2D eigenvalue weighted by Gasteiger charge is -2.12. The molecule has 0 saturated carbocycles. The van der Waals surface area contributed by atoms with Gasteiger partial charge in [-0.15, -0.1) is 0 Å². The van der Waals surface area contributed by atoms with Gasteiger partial charge in [0.05, 0.1) is 37.3 Å². The Morgan fingerprint density at radius 1 is 1.15 bits per heavy atom. The van der Waals surface area contributed by atoms with E-state index in [0.29, 0.717) is 12.0 Å². The number of nitrogens with zero attached hydrogens (tertiary/aromatic N) is 3. The second kappa shape index (κ2) is 6.22. The monoisotopic (exact) mass is 348 g/mol. The Balaban J connectivity index is 1.96. The minimum atomic E-state index is 0.417. The van der Waals surface area contributed by atoms with Crippen LogP contribution in [0.25, 0.3) is 16.7 Å². The van der Waals surface area contributed by atoms with Crippen molar-refractivity contribution in [1.29, 1.82) is 5.41 Å². The Labute approximate surface area is 150 Å². The van der Waals surface area contributed by atoms with Crippen molar-refractivity contribution in [3.63, 3.8) is 0 Å². The number of ether oxygens (including phenoxy) is 1. The van der Waals surface area contributed by atoms with Crippen molar-refractivity contribution in [1.82, 2.24) is 14.1 Å². The number of hydrogen-bond acceptors (Lipinski definition) is 4. The first-order valence-corrected chi connectivity index (χ1v) is 8.39. The van der Waals surface area contributed by atoms with Crippen LogP contribution in [0.1, 0.15) is 17.0 Å². The Kier molecular flexibility index (Phi) is 3.88. The maximum Gasteiger partial charge on any atom is 0.150 e. The minimum absolute atomic E-state index is 0.417. The minimum Gasteiger partial charge on any atom is -0.495 e. The molecule has 0 amide bonds. The van der Waals surface area contributed by atoms with E-state index in [-0.39, 0.29) is 0 Å². The van der Waals surface area contributed by atoms with Gasteiger partial charge in [0, 0.05) is 5.69 Å². The van der Waals surface area contributed by atoms with Crippen molar-refractivity contribution in [2.75, 3.05) is 7.11 Å². The summed E-state index contributed by atoms with van der Waals surface area (Å²) in [5.41, 5.74) is 4.17. The molecule has 0 saturated heterocycles. The fourth-order valence-electron chi connectivity index (χ4n) is 3.32. The van der Waals surface area contributed by atoms with Gasteiger partial charge >= 0.3 is 0 Å². The Morgan fingerprint density at radius 2 is 1.96 bits per heavy atom. The van der Waals surface area contributed by atoms with Crippen LogP contribution in [0.2, 0.25) is 0 Å². The topological polar surface area (TPSA) is 69.0 Å². The lowest BCUT2D eigenvalue weighted by Crippen LogP contribution is -2.21. The van der Waals surface area contributed by atoms with Gasteiger partial charge < -0.3 is 13.7 Å². The summed E-state index contributed by atoms with van der Waals surface area (Å²) >= 11 is 0. The predicted molar refractivity (Wildman–Crippen MR) is 98.8 cm³/mol. The van der Waals surface area contributed by atoms with E-state index in [2.05, 4.69) is 9.55 Å². The largest absolute Gasteiger partial charge is 0.495 e. The molecule has 0 radical (unpaired) electrons. The van der Waals surface area contributed by atoms with E-state index in [1.807, 2.05) is 50.2 Å². The van der Waals surface area contributed by atoms with Crippen LogP contribution >= 0.6 is 0 Å². The van der Waals surface area contributed by atoms with Gasteiger partial charge in [0.2, 0.25) is 0 Å². The van der Waals surface area contributed by atoms with Crippen LogP contribution in [-0.4, -0.2) is 21.2 Å². The molecule has 0 aliphatic heterocycles. The van der Waals surface area contributed by atoms with Gasteiger partial charge in [-0.3, -0.25) is 9.98 Å². The Hall–Kier alpha value is -3.28. The summed E-state index contributed by atoms with van der Waals surface area (Å²) in [5, 5.41) is 9.53. The third-order valence-electron chi connectivity index (χ3n) is 4.76. The zero-order chi connectivity index (χ0) is 18.3. The summed E-state index contributed by atoms with van der Waals surface area (Å²) in [6.45, 7) is 4.55. The molecule has 26 heavy (non-hydrogen) atoms. The highest BCUT2D eigenvalue weighted by atomic mass is 16.5. The van der Waals surface area contributed by atoms with Crippen LogP contribution in [0.5, 0.6) is 5.75 Å². The second-order valence-corrected chi connectivity index (χ2v) is 6.22. The smallest absolute Gasteiger partial charge is 0.150 e. The van der Waals surface area contributed by atoms with Gasteiger partial charge in [-0.05, 0) is 43.7 Å². The van der Waals surface area contributed by atoms with E-state index in [1.54, 1.807) is 24.3 Å². The maximum absolute atomic E-state index is 8.69. The summed E-state index contributed by atoms with van der Waals surface area (Å²) in [7, 11) is 1.66. The average Bonchev–Trinajstić information content (AvgIpc) is 3.25. The van der Waals surface area contributed by atoms with E-state index < -0.39 is 0 Å². The molecule has 1 aromatic carbocycles. The number of para-hydroxylation sites is 2. The maximum atomic E-state index is 8.69. The third-order valence-corrected chi connectivity index (χ3v) is 4.76. The van der Waals surface area contributed by atoms with Gasteiger partial charge in [-0.2, -0.15) is 0 Å². The molecular formula is C20H20N4O2. The van der Waals surface area contributed by atoms with Crippen LogP contribution < -0.4 is 10.2 Å². The normalized spacial score (nSPS) is 11.2. The molecule has 4 aromatic rings. The highest BCUT2D eigenvalue weighted by Crippen LogP contribution is 2.30. The lowest BCUT2D eigenvalue weighted by atomic mass is 10.2. The van der Waals surface area contributed by atoms with Gasteiger partial charge in [0.15, 0.2) is 5.65 Å². The molecule has 0 aliphatic carbocycles. The van der Waals surface area contributed by atoms with Crippen molar-refractivity contribution in [3.05, 3.63) is 71.5 Å². The molecule has 0 spiro atoms. The molecule has 3 heterocycles. The van der Waals surface area contributed by atoms with Crippen molar-refractivity contribution in [2.45, 2.75) is 20.4 Å². The van der Waals surface area contributed by atoms with Crippen molar-refractivity contribution in [2.24, 2.45) is 0 Å². The predicted octanol–water partition coefficient (Wildman–Crippen LogP) is 3.57. The first-order chi connectivity index (χ1) is 12.6. The number of aryl methyl sites for hydroxylation is 1. The number of rotatable bonds is 4. The first kappa shape index (κ1) is 16.2. The molecule has 132 valence electrons. The molecule has 6 heteroatoms. The highest BCUT2D eigenvalue weighted by Gasteiger charge is 2.18. The van der Waals surface area contributed by atoms with Gasteiger partial charge in [-0.25, -0.2) is 4.98 Å². The summed E-state index contributed by atoms with van der Waals surface area (Å²) in [5.74, 6) is 1.57. The van der Waals surface area contributed by atoms with Crippen LogP contribution in [0.15, 0.2) is 53.4 Å². The molecular weight excluding hydrogens is 328 g/mol. The van der Waals surface area contributed by atoms with E-state index in [0.717, 1.165) is 39.5 Å². The lowest BCUT2D eigenvalue weighted by molar-refractivity contribution is 0.413. The summed E-state index contributed by atoms with van der Waals surface area (Å²) in [6.07, 6.45) is 3.33. The van der Waals surface area contributed by atoms with Crippen LogP contribution in [0, 0.1) is 19.3 Å². The fraction of sp³-hybridized carbons (Fsp3) is 0.200. The number of hydrogen-bond donors (Lipinski definition) is 1. The number of aromatic nitrogens is 3. The summed E-state index contributed by atoms with van der Waals surface area (Å²) < 4.78 is 14.8. The standard InChI is InChI=1S/C20H20N4O2/c1-13-14(2)24(16-8-4-5-9-17(16)25-3)20-18(13)19(21)23(12-22-20)11-15-7-6-10-26-15/h4-10,12,21H,11H2,1-3H3. The average molecular weight is 348 g/mol. The number of fused-ring (bicyclic) bond motifs is 1. The number of furan rings is 1. The zero-order valence-electron chi connectivity index (χ0n) is 15.0. The van der Waals surface area contributed by atoms with E-state index >= 15 is 0 Å². The molecule has 0 aliphatic rings. The highest BCUT2D eigenvalue weighted by molar-refractivity contribution is 5.83. The summed E-state index contributed by atoms with van der Waals surface area (Å²) in [4.78, 5) is 4.66.